The van der Waals surface area contributed by atoms with Crippen molar-refractivity contribution in [2.24, 2.45) is 0 Å². The second kappa shape index (κ2) is 9.26. The first-order chi connectivity index (χ1) is 12.8. The Hall–Kier alpha value is -2.51. The van der Waals surface area contributed by atoms with Crippen molar-refractivity contribution >= 4 is 11.6 Å². The first kappa shape index (κ1) is 18.3. The van der Waals surface area contributed by atoms with E-state index < -0.39 is 0 Å². The van der Waals surface area contributed by atoms with Crippen LogP contribution in [0.1, 0.15) is 13.8 Å². The zero-order valence-electron chi connectivity index (χ0n) is 15.3. The molecule has 0 aliphatic heterocycles. The third-order valence-corrected chi connectivity index (χ3v) is 4.05. The molecule has 7 nitrogen and oxygen atoms in total. The minimum Gasteiger partial charge on any atom is -0.380 e. The fraction of sp³-hybridized carbons (Fsp3) is 0.421. The van der Waals surface area contributed by atoms with Crippen LogP contribution in [0.3, 0.4) is 0 Å². The number of benzene rings is 1. The Morgan fingerprint density at radius 3 is 2.35 bits per heavy atom. The molecule has 0 N–H and O–H groups in total. The molecule has 7 heteroatoms. The van der Waals surface area contributed by atoms with Gasteiger partial charge in [0.15, 0.2) is 0 Å². The highest BCUT2D eigenvalue weighted by molar-refractivity contribution is 5.65. The third-order valence-electron chi connectivity index (χ3n) is 4.05. The number of hydrogen-bond donors (Lipinski definition) is 0. The molecule has 26 heavy (non-hydrogen) atoms. The minimum atomic E-state index is 0.583. The van der Waals surface area contributed by atoms with Crippen molar-refractivity contribution in [1.29, 1.82) is 0 Å². The lowest BCUT2D eigenvalue weighted by Gasteiger charge is -2.25. The molecule has 0 aliphatic carbocycles. The molecule has 2 heterocycles. The molecule has 0 amide bonds. The lowest BCUT2D eigenvalue weighted by molar-refractivity contribution is 0.141. The number of ether oxygens (including phenoxy) is 2. The molecule has 3 rings (SSSR count). The van der Waals surface area contributed by atoms with Crippen LogP contribution in [0.25, 0.3) is 17.0 Å². The van der Waals surface area contributed by atoms with E-state index in [2.05, 4.69) is 26.0 Å². The van der Waals surface area contributed by atoms with Crippen molar-refractivity contribution in [1.82, 2.24) is 19.6 Å². The summed E-state index contributed by atoms with van der Waals surface area (Å²) in [6.07, 6.45) is 1.53. The Kier molecular flexibility index (Phi) is 6.51. The first-order valence-electron chi connectivity index (χ1n) is 9.00. The van der Waals surface area contributed by atoms with Crippen LogP contribution in [0.15, 0.2) is 42.7 Å². The summed E-state index contributed by atoms with van der Waals surface area (Å²) in [5, 5.41) is 4.35. The Labute approximate surface area is 153 Å². The largest absolute Gasteiger partial charge is 0.380 e. The van der Waals surface area contributed by atoms with Gasteiger partial charge in [0.1, 0.15) is 12.1 Å². The van der Waals surface area contributed by atoms with Gasteiger partial charge in [0.2, 0.25) is 0 Å². The fourth-order valence-corrected chi connectivity index (χ4v) is 2.76. The summed E-state index contributed by atoms with van der Waals surface area (Å²) in [7, 11) is 0. The molecule has 3 aromatic rings. The maximum Gasteiger partial charge on any atom is 0.254 e. The van der Waals surface area contributed by atoms with Crippen LogP contribution < -0.4 is 4.90 Å². The van der Waals surface area contributed by atoms with E-state index >= 15 is 0 Å². The van der Waals surface area contributed by atoms with Gasteiger partial charge >= 0.3 is 0 Å². The maximum absolute atomic E-state index is 5.56. The average molecular weight is 355 g/mol. The second-order valence-electron chi connectivity index (χ2n) is 5.72. The number of anilines is 1. The number of aromatic nitrogens is 4. The van der Waals surface area contributed by atoms with Crippen LogP contribution in [0.4, 0.5) is 5.82 Å². The zero-order chi connectivity index (χ0) is 18.2. The average Bonchev–Trinajstić information content (AvgIpc) is 3.16. The summed E-state index contributed by atoms with van der Waals surface area (Å²) in [4.78, 5) is 11.1. The molecule has 0 spiro atoms. The van der Waals surface area contributed by atoms with E-state index in [1.165, 1.54) is 6.33 Å². The highest BCUT2D eigenvalue weighted by Gasteiger charge is 2.15. The first-order valence-corrected chi connectivity index (χ1v) is 9.00. The monoisotopic (exact) mass is 355 g/mol. The van der Waals surface area contributed by atoms with Crippen molar-refractivity contribution in [2.45, 2.75) is 13.8 Å². The van der Waals surface area contributed by atoms with Gasteiger partial charge in [0, 0.05) is 37.9 Å². The van der Waals surface area contributed by atoms with Gasteiger partial charge in [-0.3, -0.25) is 0 Å². The zero-order valence-corrected chi connectivity index (χ0v) is 15.3. The molecule has 0 unspecified atom stereocenters. The van der Waals surface area contributed by atoms with Crippen LogP contribution in [0, 0.1) is 0 Å². The molecule has 0 saturated carbocycles. The highest BCUT2D eigenvalue weighted by atomic mass is 16.5. The van der Waals surface area contributed by atoms with Gasteiger partial charge in [0.25, 0.3) is 5.78 Å². The van der Waals surface area contributed by atoms with Gasteiger partial charge in [-0.2, -0.15) is 14.6 Å². The topological polar surface area (TPSA) is 64.8 Å². The van der Waals surface area contributed by atoms with E-state index in [9.17, 15) is 0 Å². The van der Waals surface area contributed by atoms with Crippen molar-refractivity contribution in [3.63, 3.8) is 0 Å². The molecule has 0 radical (unpaired) electrons. The van der Waals surface area contributed by atoms with Crippen molar-refractivity contribution in [3.8, 4) is 11.3 Å². The molecule has 1 aromatic carbocycles. The lowest BCUT2D eigenvalue weighted by atomic mass is 10.1. The van der Waals surface area contributed by atoms with Crippen LogP contribution in [-0.4, -0.2) is 59.1 Å². The number of nitrogens with zero attached hydrogens (tertiary/aromatic N) is 5. The molecule has 138 valence electrons. The summed E-state index contributed by atoms with van der Waals surface area (Å²) in [5.41, 5.74) is 1.92. The van der Waals surface area contributed by atoms with E-state index in [0.29, 0.717) is 32.2 Å². The number of fused-ring (bicyclic) bond motifs is 1. The highest BCUT2D eigenvalue weighted by Crippen LogP contribution is 2.23. The Morgan fingerprint density at radius 2 is 1.69 bits per heavy atom. The number of hydrogen-bond acceptors (Lipinski definition) is 6. The smallest absolute Gasteiger partial charge is 0.254 e. The van der Waals surface area contributed by atoms with Gasteiger partial charge in [-0.25, -0.2) is 4.98 Å². The summed E-state index contributed by atoms with van der Waals surface area (Å²) >= 11 is 0. The van der Waals surface area contributed by atoms with E-state index in [1.807, 2.05) is 44.2 Å². The molecule has 0 aliphatic rings. The van der Waals surface area contributed by atoms with Crippen LogP contribution in [0.2, 0.25) is 0 Å². The molecule has 0 bridgehead atoms. The van der Waals surface area contributed by atoms with Crippen molar-refractivity contribution in [3.05, 3.63) is 42.7 Å². The SMILES string of the molecule is CCOCCN(CCOCC)c1cc(-c2ccccc2)nc2ncnn12. The number of rotatable bonds is 10. The van der Waals surface area contributed by atoms with Gasteiger partial charge < -0.3 is 14.4 Å². The van der Waals surface area contributed by atoms with E-state index in [-0.39, 0.29) is 0 Å². The molecule has 0 atom stereocenters. The lowest BCUT2D eigenvalue weighted by Crippen LogP contribution is -2.33. The predicted octanol–water partition coefficient (Wildman–Crippen LogP) is 2.67. The molecule has 0 saturated heterocycles. The Bertz CT molecular complexity index is 796. The standard InChI is InChI=1S/C19H25N5O2/c1-3-25-12-10-23(11-13-26-4-2)18-14-17(16-8-6-5-7-9-16)22-19-20-15-21-24(18)19/h5-9,14-15H,3-4,10-13H2,1-2H3. The van der Waals surface area contributed by atoms with Gasteiger partial charge in [0.05, 0.1) is 18.9 Å². The Balaban J connectivity index is 1.96. The molecule has 0 fully saturated rings. The van der Waals surface area contributed by atoms with Crippen LogP contribution in [0.5, 0.6) is 0 Å². The quantitative estimate of drug-likeness (QED) is 0.521. The molecule has 2 aromatic heterocycles. The minimum absolute atomic E-state index is 0.583. The molecular formula is C19H25N5O2. The predicted molar refractivity (Wildman–Crippen MR) is 101 cm³/mol. The maximum atomic E-state index is 5.56. The van der Waals surface area contributed by atoms with E-state index in [4.69, 9.17) is 9.47 Å². The Morgan fingerprint density at radius 1 is 1.00 bits per heavy atom. The third kappa shape index (κ3) is 4.36. The summed E-state index contributed by atoms with van der Waals surface area (Å²) in [6.45, 7) is 8.17. The van der Waals surface area contributed by atoms with Crippen LogP contribution >= 0.6 is 0 Å². The summed E-state index contributed by atoms with van der Waals surface area (Å²) < 4.78 is 12.9. The summed E-state index contributed by atoms with van der Waals surface area (Å²) in [6, 6.07) is 12.2. The fourth-order valence-electron chi connectivity index (χ4n) is 2.76. The summed E-state index contributed by atoms with van der Waals surface area (Å²) in [5.74, 6) is 1.52. The van der Waals surface area contributed by atoms with Gasteiger partial charge in [-0.1, -0.05) is 30.3 Å². The van der Waals surface area contributed by atoms with Crippen molar-refractivity contribution in [2.75, 3.05) is 44.4 Å². The van der Waals surface area contributed by atoms with E-state index in [1.54, 1.807) is 4.52 Å². The second-order valence-corrected chi connectivity index (χ2v) is 5.72. The van der Waals surface area contributed by atoms with Crippen molar-refractivity contribution < 1.29 is 9.47 Å². The molecular weight excluding hydrogens is 330 g/mol. The van der Waals surface area contributed by atoms with Gasteiger partial charge in [-0.15, -0.1) is 0 Å². The van der Waals surface area contributed by atoms with Crippen LogP contribution in [-0.2, 0) is 9.47 Å². The van der Waals surface area contributed by atoms with E-state index in [0.717, 1.165) is 30.2 Å². The van der Waals surface area contributed by atoms with Gasteiger partial charge in [-0.05, 0) is 13.8 Å². The normalized spacial score (nSPS) is 11.2.